The van der Waals surface area contributed by atoms with E-state index in [0.29, 0.717) is 23.6 Å². The van der Waals surface area contributed by atoms with Crippen LogP contribution in [0.4, 0.5) is 5.69 Å². The third kappa shape index (κ3) is 3.14. The number of amides is 1. The number of rotatable bonds is 6. The number of nitrogens with one attached hydrogen (secondary N) is 1. The average molecular weight is 211 g/mol. The molecule has 0 aliphatic heterocycles. The fourth-order valence-corrected chi connectivity index (χ4v) is 1.10. The maximum absolute atomic E-state index is 10.2. The highest BCUT2D eigenvalue weighted by atomic mass is 16.5. The zero-order valence-corrected chi connectivity index (χ0v) is 8.40. The second-order valence-electron chi connectivity index (χ2n) is 2.70. The second-order valence-corrected chi connectivity index (χ2v) is 2.70. The first-order valence-corrected chi connectivity index (χ1v) is 4.43. The van der Waals surface area contributed by atoms with Gasteiger partial charge >= 0.3 is 0 Å². The van der Waals surface area contributed by atoms with Gasteiger partial charge in [0.25, 0.3) is 0 Å². The van der Waals surface area contributed by atoms with E-state index in [0.717, 1.165) is 0 Å². The third-order valence-electron chi connectivity index (χ3n) is 1.74. The topological polar surface area (TPSA) is 67.8 Å². The van der Waals surface area contributed by atoms with Gasteiger partial charge in [-0.1, -0.05) is 0 Å². The third-order valence-corrected chi connectivity index (χ3v) is 1.74. The lowest BCUT2D eigenvalue weighted by atomic mass is 10.3. The monoisotopic (exact) mass is 211 g/mol. The van der Waals surface area contributed by atoms with Crippen LogP contribution in [0.3, 0.4) is 0 Å². The molecule has 0 bridgehead atoms. The summed E-state index contributed by atoms with van der Waals surface area (Å²) in [5.41, 5.74) is 0.610. The Labute approximate surface area is 87.6 Å². The Morgan fingerprint density at radius 2 is 2.27 bits per heavy atom. The molecular formula is C10H13NO4. The largest absolute Gasteiger partial charge is 0.493 e. The molecule has 0 atom stereocenters. The maximum Gasteiger partial charge on any atom is 0.211 e. The molecule has 5 nitrogen and oxygen atoms in total. The van der Waals surface area contributed by atoms with Crippen LogP contribution in [0.25, 0.3) is 0 Å². The number of hydrogen-bond acceptors (Lipinski definition) is 4. The molecule has 1 aromatic carbocycles. The number of aliphatic hydroxyl groups is 1. The molecule has 0 aromatic heterocycles. The molecule has 82 valence electrons. The summed E-state index contributed by atoms with van der Waals surface area (Å²) in [5, 5.41) is 11.1. The number of hydrogen-bond donors (Lipinski definition) is 2. The summed E-state index contributed by atoms with van der Waals surface area (Å²) in [6.45, 7) is 0.107. The second kappa shape index (κ2) is 5.87. The SMILES string of the molecule is COc1ccc(NC=O)cc1OCCO. The van der Waals surface area contributed by atoms with E-state index >= 15 is 0 Å². The number of ether oxygens (including phenoxy) is 2. The summed E-state index contributed by atoms with van der Waals surface area (Å²) in [6.07, 6.45) is 0.581. The van der Waals surface area contributed by atoms with E-state index < -0.39 is 0 Å². The minimum absolute atomic E-state index is 0.0749. The Balaban J connectivity index is 2.85. The summed E-state index contributed by atoms with van der Waals surface area (Å²) >= 11 is 0. The van der Waals surface area contributed by atoms with Gasteiger partial charge in [0.05, 0.1) is 13.7 Å². The number of benzene rings is 1. The van der Waals surface area contributed by atoms with E-state index in [9.17, 15) is 4.79 Å². The molecule has 0 saturated carbocycles. The van der Waals surface area contributed by atoms with Gasteiger partial charge in [0, 0.05) is 11.8 Å². The number of carbonyl (C=O) groups is 1. The van der Waals surface area contributed by atoms with Crippen molar-refractivity contribution in [2.75, 3.05) is 25.6 Å². The van der Waals surface area contributed by atoms with E-state index in [1.165, 1.54) is 7.11 Å². The molecule has 2 N–H and O–H groups in total. The van der Waals surface area contributed by atoms with E-state index in [-0.39, 0.29) is 13.2 Å². The summed E-state index contributed by atoms with van der Waals surface area (Å²) in [7, 11) is 1.52. The molecule has 0 aliphatic rings. The van der Waals surface area contributed by atoms with Gasteiger partial charge in [0.1, 0.15) is 6.61 Å². The van der Waals surface area contributed by atoms with Crippen LogP contribution < -0.4 is 14.8 Å². The number of anilines is 1. The highest BCUT2D eigenvalue weighted by molar-refractivity contribution is 5.72. The summed E-state index contributed by atoms with van der Waals surface area (Å²) in [4.78, 5) is 10.2. The Morgan fingerprint density at radius 1 is 1.47 bits per heavy atom. The molecule has 0 fully saturated rings. The van der Waals surface area contributed by atoms with E-state index in [2.05, 4.69) is 5.32 Å². The van der Waals surface area contributed by atoms with Crippen LogP contribution in [0.1, 0.15) is 0 Å². The van der Waals surface area contributed by atoms with Crippen LogP contribution in [0.15, 0.2) is 18.2 Å². The van der Waals surface area contributed by atoms with Crippen molar-refractivity contribution in [3.63, 3.8) is 0 Å². The molecule has 1 amide bonds. The molecule has 0 heterocycles. The van der Waals surface area contributed by atoms with Gasteiger partial charge in [-0.15, -0.1) is 0 Å². The lowest BCUT2D eigenvalue weighted by Gasteiger charge is -2.10. The van der Waals surface area contributed by atoms with Crippen LogP contribution in [0.5, 0.6) is 11.5 Å². The molecule has 0 aliphatic carbocycles. The molecule has 1 aromatic rings. The molecule has 1 rings (SSSR count). The molecule has 0 saturated heterocycles. The molecule has 0 spiro atoms. The van der Waals surface area contributed by atoms with E-state index in [4.69, 9.17) is 14.6 Å². The van der Waals surface area contributed by atoms with Crippen LogP contribution in [-0.2, 0) is 4.79 Å². The minimum atomic E-state index is -0.0749. The first-order chi connectivity index (χ1) is 7.31. The van der Waals surface area contributed by atoms with Crippen LogP contribution in [0.2, 0.25) is 0 Å². The van der Waals surface area contributed by atoms with Crippen molar-refractivity contribution in [1.82, 2.24) is 0 Å². The fraction of sp³-hybridized carbons (Fsp3) is 0.300. The van der Waals surface area contributed by atoms with Gasteiger partial charge in [-0.2, -0.15) is 0 Å². The first-order valence-electron chi connectivity index (χ1n) is 4.43. The normalized spacial score (nSPS) is 9.47. The van der Waals surface area contributed by atoms with Gasteiger partial charge in [-0.3, -0.25) is 4.79 Å². The van der Waals surface area contributed by atoms with E-state index in [1.54, 1.807) is 18.2 Å². The Kier molecular flexibility index (Phi) is 4.43. The highest BCUT2D eigenvalue weighted by Gasteiger charge is 2.04. The van der Waals surface area contributed by atoms with Gasteiger partial charge in [0.2, 0.25) is 6.41 Å². The van der Waals surface area contributed by atoms with Crippen LogP contribution >= 0.6 is 0 Å². The Bertz CT molecular complexity index is 327. The number of methoxy groups -OCH3 is 1. The van der Waals surface area contributed by atoms with Crippen molar-refractivity contribution in [2.45, 2.75) is 0 Å². The lowest BCUT2D eigenvalue weighted by Crippen LogP contribution is -2.03. The summed E-state index contributed by atoms with van der Waals surface area (Å²) < 4.78 is 10.3. The summed E-state index contributed by atoms with van der Waals surface area (Å²) in [5.74, 6) is 1.04. The average Bonchev–Trinajstić information content (AvgIpc) is 2.27. The molecule has 5 heteroatoms. The quantitative estimate of drug-likeness (QED) is 0.677. The van der Waals surface area contributed by atoms with Crippen molar-refractivity contribution < 1.29 is 19.4 Å². The van der Waals surface area contributed by atoms with Crippen molar-refractivity contribution >= 4 is 12.1 Å². The molecule has 15 heavy (non-hydrogen) atoms. The maximum atomic E-state index is 10.2. The highest BCUT2D eigenvalue weighted by Crippen LogP contribution is 2.29. The molecular weight excluding hydrogens is 198 g/mol. The number of carbonyl (C=O) groups excluding carboxylic acids is 1. The number of aliphatic hydroxyl groups excluding tert-OH is 1. The van der Waals surface area contributed by atoms with Crippen LogP contribution in [-0.4, -0.2) is 31.8 Å². The summed E-state index contributed by atoms with van der Waals surface area (Å²) in [6, 6.07) is 5.00. The van der Waals surface area contributed by atoms with Crippen LogP contribution in [0, 0.1) is 0 Å². The molecule has 0 radical (unpaired) electrons. The first kappa shape index (κ1) is 11.3. The lowest BCUT2D eigenvalue weighted by molar-refractivity contribution is -0.105. The Morgan fingerprint density at radius 3 is 2.87 bits per heavy atom. The van der Waals surface area contributed by atoms with Gasteiger partial charge in [-0.25, -0.2) is 0 Å². The van der Waals surface area contributed by atoms with Gasteiger partial charge < -0.3 is 19.9 Å². The zero-order valence-electron chi connectivity index (χ0n) is 8.40. The predicted octanol–water partition coefficient (Wildman–Crippen LogP) is 0.635. The van der Waals surface area contributed by atoms with E-state index in [1.807, 2.05) is 0 Å². The Hall–Kier alpha value is -1.75. The van der Waals surface area contributed by atoms with Crippen molar-refractivity contribution in [1.29, 1.82) is 0 Å². The van der Waals surface area contributed by atoms with Gasteiger partial charge in [0.15, 0.2) is 11.5 Å². The standard InChI is InChI=1S/C10H13NO4/c1-14-9-3-2-8(11-7-13)6-10(9)15-5-4-12/h2-3,6-7,12H,4-5H2,1H3,(H,11,13). The fourth-order valence-electron chi connectivity index (χ4n) is 1.10. The van der Waals surface area contributed by atoms with Crippen molar-refractivity contribution in [3.8, 4) is 11.5 Å². The van der Waals surface area contributed by atoms with Crippen molar-refractivity contribution in [3.05, 3.63) is 18.2 Å². The predicted molar refractivity (Wildman–Crippen MR) is 55.3 cm³/mol. The van der Waals surface area contributed by atoms with Gasteiger partial charge in [-0.05, 0) is 12.1 Å². The smallest absolute Gasteiger partial charge is 0.211 e. The minimum Gasteiger partial charge on any atom is -0.493 e. The molecule has 0 unspecified atom stereocenters. The van der Waals surface area contributed by atoms with Crippen molar-refractivity contribution in [2.24, 2.45) is 0 Å². The zero-order chi connectivity index (χ0) is 11.1.